The molecule has 0 N–H and O–H groups in total. The topological polar surface area (TPSA) is 46.4 Å². The largest absolute Gasteiger partial charge is 0.492 e. The highest BCUT2D eigenvalue weighted by Crippen LogP contribution is 2.43. The predicted molar refractivity (Wildman–Crippen MR) is 97.1 cm³/mol. The van der Waals surface area contributed by atoms with Crippen LogP contribution in [-0.2, 0) is 9.31 Å². The summed E-state index contributed by atoms with van der Waals surface area (Å²) in [6.07, 6.45) is 1.97. The highest BCUT2D eigenvalue weighted by Gasteiger charge is 2.55. The maximum absolute atomic E-state index is 13.7. The number of aliphatic imine (C=N–C) groups is 2. The van der Waals surface area contributed by atoms with Crippen molar-refractivity contribution in [2.45, 2.75) is 64.6 Å². The van der Waals surface area contributed by atoms with Crippen molar-refractivity contribution in [2.24, 2.45) is 15.9 Å². The Balaban J connectivity index is 2.30. The zero-order valence-electron chi connectivity index (χ0n) is 15.9. The van der Waals surface area contributed by atoms with Gasteiger partial charge < -0.3 is 14.2 Å². The number of alkyl halides is 2. The Kier molecular flexibility index (Phi) is 6.04. The molecule has 0 spiro atoms. The number of halogens is 2. The van der Waals surface area contributed by atoms with Crippen molar-refractivity contribution in [2.75, 3.05) is 14.1 Å². The zero-order chi connectivity index (χ0) is 18.8. The fourth-order valence-electron chi connectivity index (χ4n) is 2.99. The zero-order valence-corrected chi connectivity index (χ0v) is 15.9. The predicted octanol–water partition coefficient (Wildman–Crippen LogP) is 3.56. The molecule has 0 bridgehead atoms. The molecule has 2 rings (SSSR count). The molecule has 0 aromatic heterocycles. The maximum atomic E-state index is 13.7. The Morgan fingerprint density at radius 1 is 1.40 bits per heavy atom. The summed E-state index contributed by atoms with van der Waals surface area (Å²) >= 11 is 0. The van der Waals surface area contributed by atoms with Crippen LogP contribution in [0, 0.1) is 5.92 Å². The third-order valence-electron chi connectivity index (χ3n) is 5.20. The van der Waals surface area contributed by atoms with E-state index in [0.717, 1.165) is 6.42 Å². The number of nitrogens with zero attached hydrogens (tertiary/aromatic N) is 3. The van der Waals surface area contributed by atoms with Gasteiger partial charge in [-0.2, -0.15) is 0 Å². The molecule has 25 heavy (non-hydrogen) atoms. The van der Waals surface area contributed by atoms with E-state index >= 15 is 0 Å². The van der Waals surface area contributed by atoms with Crippen molar-refractivity contribution in [3.8, 4) is 0 Å². The Morgan fingerprint density at radius 2 is 2.08 bits per heavy atom. The Labute approximate surface area is 149 Å². The van der Waals surface area contributed by atoms with Gasteiger partial charge in [0.15, 0.2) is 0 Å². The lowest BCUT2D eigenvalue weighted by Crippen LogP contribution is -2.44. The second-order valence-electron chi connectivity index (χ2n) is 7.52. The van der Waals surface area contributed by atoms with Crippen LogP contribution in [0.25, 0.3) is 0 Å². The van der Waals surface area contributed by atoms with E-state index in [4.69, 9.17) is 9.31 Å². The lowest BCUT2D eigenvalue weighted by atomic mass is 9.70. The van der Waals surface area contributed by atoms with Crippen molar-refractivity contribution in [1.29, 1.82) is 0 Å². The SMILES string of the molecule is CCC1(C)OB(C2=CN=C(/N=C/N(C)C)CCC2C(F)F)OC1(C)C. The van der Waals surface area contributed by atoms with E-state index in [0.29, 0.717) is 17.7 Å². The van der Waals surface area contributed by atoms with Crippen molar-refractivity contribution < 1.29 is 18.1 Å². The van der Waals surface area contributed by atoms with Gasteiger partial charge in [0.25, 0.3) is 0 Å². The number of hydrogen-bond donors (Lipinski definition) is 0. The molecular formula is C17H28BF2N3O2. The van der Waals surface area contributed by atoms with Crippen LogP contribution in [0.1, 0.15) is 47.0 Å². The van der Waals surface area contributed by atoms with Gasteiger partial charge in [-0.05, 0) is 39.1 Å². The van der Waals surface area contributed by atoms with Crippen molar-refractivity contribution in [3.05, 3.63) is 11.7 Å². The summed E-state index contributed by atoms with van der Waals surface area (Å²) in [5, 5.41) is 0. The van der Waals surface area contributed by atoms with Crippen LogP contribution in [0.15, 0.2) is 21.7 Å². The third kappa shape index (κ3) is 4.29. The first-order valence-electron chi connectivity index (χ1n) is 8.70. The van der Waals surface area contributed by atoms with Crippen LogP contribution in [0.4, 0.5) is 8.78 Å². The first kappa shape index (κ1) is 20.0. The van der Waals surface area contributed by atoms with Crippen molar-refractivity contribution in [1.82, 2.24) is 4.90 Å². The number of rotatable bonds is 4. The van der Waals surface area contributed by atoms with Gasteiger partial charge in [-0.3, -0.25) is 0 Å². The third-order valence-corrected chi connectivity index (χ3v) is 5.20. The molecule has 1 saturated heterocycles. The van der Waals surface area contributed by atoms with Crippen LogP contribution < -0.4 is 0 Å². The second kappa shape index (κ2) is 7.54. The molecule has 2 unspecified atom stereocenters. The molecule has 2 heterocycles. The number of amidine groups is 1. The van der Waals surface area contributed by atoms with E-state index in [-0.39, 0.29) is 6.42 Å². The van der Waals surface area contributed by atoms with Gasteiger partial charge in [0.2, 0.25) is 6.43 Å². The first-order chi connectivity index (χ1) is 11.6. The molecule has 1 fully saturated rings. The lowest BCUT2D eigenvalue weighted by molar-refractivity contribution is -0.0118. The number of allylic oxidation sites excluding steroid dienone is 1. The minimum Gasteiger partial charge on any atom is -0.400 e. The smallest absolute Gasteiger partial charge is 0.400 e. The molecule has 2 aliphatic heterocycles. The fraction of sp³-hybridized carbons (Fsp3) is 0.765. The van der Waals surface area contributed by atoms with E-state index in [1.807, 2.05) is 41.8 Å². The quantitative estimate of drug-likeness (QED) is 0.440. The van der Waals surface area contributed by atoms with Gasteiger partial charge in [0.05, 0.1) is 17.5 Å². The molecule has 0 aromatic rings. The summed E-state index contributed by atoms with van der Waals surface area (Å²) in [6.45, 7) is 7.83. The Morgan fingerprint density at radius 3 is 2.60 bits per heavy atom. The molecule has 2 atom stereocenters. The molecule has 8 heteroatoms. The van der Waals surface area contributed by atoms with Crippen LogP contribution in [0.3, 0.4) is 0 Å². The van der Waals surface area contributed by atoms with Crippen LogP contribution in [0.5, 0.6) is 0 Å². The highest BCUT2D eigenvalue weighted by atomic mass is 19.3. The minimum absolute atomic E-state index is 0.263. The fourth-order valence-corrected chi connectivity index (χ4v) is 2.99. The van der Waals surface area contributed by atoms with Crippen LogP contribution in [-0.4, -0.2) is 55.9 Å². The molecule has 2 aliphatic rings. The van der Waals surface area contributed by atoms with E-state index in [2.05, 4.69) is 9.98 Å². The molecule has 0 radical (unpaired) electrons. The second-order valence-corrected chi connectivity index (χ2v) is 7.52. The van der Waals surface area contributed by atoms with E-state index < -0.39 is 30.7 Å². The summed E-state index contributed by atoms with van der Waals surface area (Å²) in [6, 6.07) is 0. The molecular weight excluding hydrogens is 327 g/mol. The molecule has 0 aliphatic carbocycles. The van der Waals surface area contributed by atoms with E-state index in [1.165, 1.54) is 6.20 Å². The number of hydrogen-bond acceptors (Lipinski definition) is 4. The summed E-state index contributed by atoms with van der Waals surface area (Å²) in [4.78, 5) is 10.3. The van der Waals surface area contributed by atoms with Crippen molar-refractivity contribution >= 4 is 19.3 Å². The van der Waals surface area contributed by atoms with Gasteiger partial charge in [-0.15, -0.1) is 0 Å². The molecule has 5 nitrogen and oxygen atoms in total. The van der Waals surface area contributed by atoms with Gasteiger partial charge in [0, 0.05) is 32.6 Å². The summed E-state index contributed by atoms with van der Waals surface area (Å²) in [5.41, 5.74) is -0.704. The lowest BCUT2D eigenvalue weighted by Gasteiger charge is -2.35. The standard InChI is InChI=1S/C17H28BF2N3O2/c1-7-17(4)16(2,3)24-18(25-17)13-10-21-14(22-11-23(5)6)9-8-12(13)15(19)20/h10-12,15H,7-9H2,1-6H3/b22-11+. The summed E-state index contributed by atoms with van der Waals surface area (Å²) in [5.74, 6) is -0.416. The van der Waals surface area contributed by atoms with E-state index in [9.17, 15) is 8.78 Å². The monoisotopic (exact) mass is 355 g/mol. The minimum atomic E-state index is -2.50. The van der Waals surface area contributed by atoms with Crippen LogP contribution >= 0.6 is 0 Å². The average Bonchev–Trinajstić information content (AvgIpc) is 2.67. The van der Waals surface area contributed by atoms with Crippen LogP contribution in [0.2, 0.25) is 0 Å². The van der Waals surface area contributed by atoms with Gasteiger partial charge in [0.1, 0.15) is 5.84 Å². The van der Waals surface area contributed by atoms with Crippen molar-refractivity contribution in [3.63, 3.8) is 0 Å². The average molecular weight is 355 g/mol. The molecule has 0 amide bonds. The molecule has 0 saturated carbocycles. The highest BCUT2D eigenvalue weighted by molar-refractivity contribution is 6.54. The van der Waals surface area contributed by atoms with Gasteiger partial charge in [-0.25, -0.2) is 18.8 Å². The van der Waals surface area contributed by atoms with Gasteiger partial charge >= 0.3 is 7.12 Å². The maximum Gasteiger partial charge on any atom is 0.492 e. The van der Waals surface area contributed by atoms with E-state index in [1.54, 1.807) is 11.2 Å². The summed E-state index contributed by atoms with van der Waals surface area (Å²) in [7, 11) is 2.88. The Bertz CT molecular complexity index is 578. The first-order valence-corrected chi connectivity index (χ1v) is 8.70. The molecule has 0 aromatic carbocycles. The molecule has 140 valence electrons. The normalized spacial score (nSPS) is 29.8. The Hall–Kier alpha value is -1.28. The summed E-state index contributed by atoms with van der Waals surface area (Å²) < 4.78 is 39.4. The van der Waals surface area contributed by atoms with Gasteiger partial charge in [-0.1, -0.05) is 6.92 Å².